The Kier molecular flexibility index (Phi) is 7.21. The second-order valence-corrected chi connectivity index (χ2v) is 4.22. The maximum atomic E-state index is 3.52. The molecule has 1 N–H and O–H groups in total. The van der Waals surface area contributed by atoms with E-state index in [9.17, 15) is 0 Å². The smallest absolute Gasteiger partial charge is 0.467 e. The second kappa shape index (κ2) is 6.29. The average Bonchev–Trinajstić information content (AvgIpc) is 1.94. The van der Waals surface area contributed by atoms with Crippen molar-refractivity contribution in [2.45, 2.75) is 34.1 Å². The minimum atomic E-state index is 0. The van der Waals surface area contributed by atoms with Crippen molar-refractivity contribution in [1.29, 1.82) is 0 Å². The van der Waals surface area contributed by atoms with E-state index in [1.807, 2.05) is 0 Å². The van der Waals surface area contributed by atoms with Gasteiger partial charge in [-0.25, -0.2) is 0 Å². The van der Waals surface area contributed by atoms with Gasteiger partial charge in [-0.15, -0.1) is 0 Å². The van der Waals surface area contributed by atoms with Gasteiger partial charge in [-0.05, 0) is 12.5 Å². The average molecular weight is 240 g/mol. The van der Waals surface area contributed by atoms with Gasteiger partial charge in [-0.1, -0.05) is 33.6 Å². The summed E-state index contributed by atoms with van der Waals surface area (Å²) in [6.07, 6.45) is 1.28. The van der Waals surface area contributed by atoms with Gasteiger partial charge in [-0.2, -0.15) is 12.3 Å². The Bertz CT molecular complexity index is 125. The summed E-state index contributed by atoms with van der Waals surface area (Å²) in [5.74, 6) is 2.43. The van der Waals surface area contributed by atoms with Crippen LogP contribution in [0.25, 0.3) is 0 Å². The van der Waals surface area contributed by atoms with E-state index in [0.717, 1.165) is 11.8 Å². The van der Waals surface area contributed by atoms with Gasteiger partial charge in [0.05, 0.1) is 0 Å². The molecule has 0 bridgehead atoms. The van der Waals surface area contributed by atoms with E-state index < -0.39 is 0 Å². The summed E-state index contributed by atoms with van der Waals surface area (Å²) in [7, 11) is 0. The molecule has 0 spiro atoms. The molecule has 1 nitrogen and oxygen atoms in total. The van der Waals surface area contributed by atoms with Crippen LogP contribution < -0.4 is 63.5 Å². The van der Waals surface area contributed by atoms with E-state index in [1.165, 1.54) is 13.0 Å². The van der Waals surface area contributed by atoms with E-state index in [1.54, 1.807) is 6.04 Å². The van der Waals surface area contributed by atoms with Crippen LogP contribution in [0.2, 0.25) is 0 Å². The van der Waals surface area contributed by atoms with Crippen LogP contribution in [0, 0.1) is 23.8 Å². The molecule has 0 aromatic heterocycles. The van der Waals surface area contributed by atoms with Gasteiger partial charge in [0.2, 0.25) is 0 Å². The molecule has 66 valence electrons. The Morgan fingerprint density at radius 3 is 2.25 bits per heavy atom. The maximum absolute atomic E-state index is 3.52. The maximum Gasteiger partial charge on any atom is 1.00 e. The van der Waals surface area contributed by atoms with Crippen LogP contribution in [0.1, 0.15) is 34.1 Å². The van der Waals surface area contributed by atoms with Crippen molar-refractivity contribution in [2.75, 3.05) is 6.54 Å². The van der Waals surface area contributed by atoms with Crippen molar-refractivity contribution in [3.63, 3.8) is 0 Å². The quantitative estimate of drug-likeness (QED) is 0.606. The molecule has 2 unspecified atom stereocenters. The van der Waals surface area contributed by atoms with Crippen LogP contribution in [-0.4, -0.2) is 6.54 Å². The molecule has 0 saturated carbocycles. The first-order chi connectivity index (χ1) is 5.11. The Labute approximate surface area is 126 Å². The number of hydrogen-bond donors (Lipinski definition) is 1. The molecule has 0 radical (unpaired) electrons. The first-order valence-electron chi connectivity index (χ1n) is 4.71. The van der Waals surface area contributed by atoms with E-state index in [0.29, 0.717) is 5.92 Å². The van der Waals surface area contributed by atoms with Crippen molar-refractivity contribution in [1.82, 2.24) is 5.32 Å². The third-order valence-corrected chi connectivity index (χ3v) is 2.86. The SMILES string of the molecule is CC(C)[C-]1CC(C)C(C)CN1.[Rb+]. The van der Waals surface area contributed by atoms with Gasteiger partial charge in [0.25, 0.3) is 0 Å². The molecule has 0 amide bonds. The Morgan fingerprint density at radius 1 is 1.25 bits per heavy atom. The van der Waals surface area contributed by atoms with Crippen LogP contribution in [0.4, 0.5) is 0 Å². The van der Waals surface area contributed by atoms with E-state index in [4.69, 9.17) is 0 Å². The predicted molar refractivity (Wildman–Crippen MR) is 49.0 cm³/mol. The summed E-state index contributed by atoms with van der Waals surface area (Å²) in [6, 6.07) is 1.55. The number of piperidine rings is 1. The molecule has 0 aromatic carbocycles. The second-order valence-electron chi connectivity index (χ2n) is 4.22. The van der Waals surface area contributed by atoms with E-state index in [2.05, 4.69) is 33.0 Å². The van der Waals surface area contributed by atoms with Gasteiger partial charge < -0.3 is 5.32 Å². The molecule has 12 heavy (non-hydrogen) atoms. The third kappa shape index (κ3) is 3.87. The van der Waals surface area contributed by atoms with Gasteiger partial charge in [-0.3, -0.25) is 6.04 Å². The molecule has 1 heterocycles. The fourth-order valence-electron chi connectivity index (χ4n) is 1.55. The van der Waals surface area contributed by atoms with E-state index >= 15 is 0 Å². The molecular weight excluding hydrogens is 220 g/mol. The molecule has 1 saturated heterocycles. The molecule has 1 fully saturated rings. The number of nitrogens with one attached hydrogen (secondary N) is 1. The molecular formula is C10H20NRb. The van der Waals surface area contributed by atoms with Crippen LogP contribution >= 0.6 is 0 Å². The van der Waals surface area contributed by atoms with Crippen LogP contribution in [0.15, 0.2) is 0 Å². The minimum absolute atomic E-state index is 0. The van der Waals surface area contributed by atoms with Crippen LogP contribution in [0.5, 0.6) is 0 Å². The fourth-order valence-corrected chi connectivity index (χ4v) is 1.55. The molecule has 0 aromatic rings. The Hall–Kier alpha value is 1.77. The molecule has 0 aliphatic carbocycles. The third-order valence-electron chi connectivity index (χ3n) is 2.86. The summed E-state index contributed by atoms with van der Waals surface area (Å²) in [5, 5.41) is 3.52. The zero-order chi connectivity index (χ0) is 8.43. The monoisotopic (exact) mass is 239 g/mol. The van der Waals surface area contributed by atoms with Gasteiger partial charge >= 0.3 is 58.2 Å². The topological polar surface area (TPSA) is 12.0 Å². The summed E-state index contributed by atoms with van der Waals surface area (Å²) in [6.45, 7) is 10.4. The van der Waals surface area contributed by atoms with Crippen molar-refractivity contribution in [3.8, 4) is 0 Å². The standard InChI is InChI=1S/C10H20N.Rb/c1-7(2)10-5-8(3)9(4)6-11-10;/h7-9,11H,5-6H2,1-4H3;/q-1;+1. The fraction of sp³-hybridized carbons (Fsp3) is 0.900. The Morgan fingerprint density at radius 2 is 1.83 bits per heavy atom. The Balaban J connectivity index is 0.00000121. The first kappa shape index (κ1) is 13.8. The molecule has 1 rings (SSSR count). The van der Waals surface area contributed by atoms with Crippen molar-refractivity contribution in [3.05, 3.63) is 6.04 Å². The first-order valence-corrected chi connectivity index (χ1v) is 4.71. The normalized spacial score (nSPS) is 31.8. The summed E-state index contributed by atoms with van der Waals surface area (Å²) >= 11 is 0. The number of hydrogen-bond acceptors (Lipinski definition) is 1. The molecule has 1 aliphatic rings. The van der Waals surface area contributed by atoms with Gasteiger partial charge in [0.1, 0.15) is 0 Å². The van der Waals surface area contributed by atoms with Crippen molar-refractivity contribution >= 4 is 0 Å². The van der Waals surface area contributed by atoms with Crippen LogP contribution in [-0.2, 0) is 0 Å². The molecule has 1 aliphatic heterocycles. The zero-order valence-electron chi connectivity index (χ0n) is 9.15. The molecule has 2 atom stereocenters. The van der Waals surface area contributed by atoms with Crippen LogP contribution in [0.3, 0.4) is 0 Å². The van der Waals surface area contributed by atoms with Crippen molar-refractivity contribution < 1.29 is 58.2 Å². The number of rotatable bonds is 1. The largest absolute Gasteiger partial charge is 1.00 e. The summed E-state index contributed by atoms with van der Waals surface area (Å²) in [4.78, 5) is 0. The zero-order valence-corrected chi connectivity index (χ0v) is 14.1. The summed E-state index contributed by atoms with van der Waals surface area (Å²) < 4.78 is 0. The van der Waals surface area contributed by atoms with Gasteiger partial charge in [0.15, 0.2) is 0 Å². The summed E-state index contributed by atoms with van der Waals surface area (Å²) in [5.41, 5.74) is 0. The minimum Gasteiger partial charge on any atom is -0.467 e. The van der Waals surface area contributed by atoms with E-state index in [-0.39, 0.29) is 58.2 Å². The van der Waals surface area contributed by atoms with Gasteiger partial charge in [0, 0.05) is 0 Å². The van der Waals surface area contributed by atoms with Crippen molar-refractivity contribution in [2.24, 2.45) is 17.8 Å². The predicted octanol–water partition coefficient (Wildman–Crippen LogP) is -0.556. The molecule has 2 heteroatoms.